The molecule has 4 aliphatic rings. The third-order valence-electron chi connectivity index (χ3n) is 11.0. The Balaban J connectivity index is 0.000000173. The number of hydrogen-bond donors (Lipinski definition) is 0. The van der Waals surface area contributed by atoms with Gasteiger partial charge in [-0.05, 0) is 141 Å². The van der Waals surface area contributed by atoms with Crippen LogP contribution in [0, 0.1) is 18.2 Å². The maximum atomic E-state index is 13.0. The summed E-state index contributed by atoms with van der Waals surface area (Å²) >= 11 is 10.1. The van der Waals surface area contributed by atoms with Crippen LogP contribution in [0.25, 0.3) is 4.85 Å². The second-order valence-electron chi connectivity index (χ2n) is 14.5. The van der Waals surface area contributed by atoms with Gasteiger partial charge < -0.3 is 19.3 Å². The number of hydrogen-bond acceptors (Lipinski definition) is 4. The topological polar surface area (TPSA) is 29.3 Å². The van der Waals surface area contributed by atoms with Crippen LogP contribution in [0.5, 0.6) is 11.5 Å². The van der Waals surface area contributed by atoms with Crippen LogP contribution < -0.4 is 9.47 Å². The van der Waals surface area contributed by atoms with Crippen LogP contribution in [0.3, 0.4) is 0 Å². The summed E-state index contributed by atoms with van der Waals surface area (Å²) in [7, 11) is 0. The zero-order chi connectivity index (χ0) is 37.2. The normalized spacial score (nSPS) is 20.2. The Hall–Kier alpha value is -2.77. The molecule has 2 atom stereocenters. The molecule has 0 aromatic heterocycles. The van der Waals surface area contributed by atoms with Gasteiger partial charge in [0.2, 0.25) is 0 Å². The van der Waals surface area contributed by atoms with E-state index < -0.39 is 0 Å². The minimum absolute atomic E-state index is 0.216. The molecule has 0 N–H and O–H groups in total. The second-order valence-corrected chi connectivity index (χ2v) is 15.4. The van der Waals surface area contributed by atoms with Crippen molar-refractivity contribution in [3.63, 3.8) is 0 Å². The summed E-state index contributed by atoms with van der Waals surface area (Å²) in [6, 6.07) is 25.6. The average Bonchev–Trinajstić information content (AvgIpc) is 3.78. The van der Waals surface area contributed by atoms with Gasteiger partial charge in [0.05, 0.1) is 6.57 Å². The first kappa shape index (κ1) is 39.9. The van der Waals surface area contributed by atoms with E-state index in [0.717, 1.165) is 88.6 Å². The van der Waals surface area contributed by atoms with E-state index in [1.165, 1.54) is 70.3 Å². The number of benzene rings is 4. The molecule has 2 unspecified atom stereocenters. The van der Waals surface area contributed by atoms with Crippen molar-refractivity contribution in [2.75, 3.05) is 39.3 Å². The van der Waals surface area contributed by atoms with Crippen LogP contribution in [-0.4, -0.2) is 61.3 Å². The third kappa shape index (κ3) is 11.2. The first-order chi connectivity index (χ1) is 25.9. The van der Waals surface area contributed by atoms with Gasteiger partial charge in [0, 0.05) is 43.7 Å². The molecule has 0 amide bonds. The van der Waals surface area contributed by atoms with E-state index in [-0.39, 0.29) is 23.8 Å². The van der Waals surface area contributed by atoms with Gasteiger partial charge in [-0.2, -0.15) is 0 Å². The van der Waals surface area contributed by atoms with Crippen molar-refractivity contribution < 1.29 is 32.5 Å². The average molecular weight is 898 g/mol. The molecule has 5 nitrogen and oxygen atoms in total. The van der Waals surface area contributed by atoms with Gasteiger partial charge in [-0.1, -0.05) is 45.8 Å². The van der Waals surface area contributed by atoms with Gasteiger partial charge in [-0.15, -0.1) is 0 Å². The molecule has 4 aromatic rings. The van der Waals surface area contributed by atoms with Crippen molar-refractivity contribution in [1.29, 1.82) is 0 Å². The second kappa shape index (κ2) is 19.7. The summed E-state index contributed by atoms with van der Waals surface area (Å²) in [4.78, 5) is 8.65. The van der Waals surface area contributed by atoms with Crippen molar-refractivity contribution in [1.82, 2.24) is 9.80 Å². The number of nitrogens with zero attached hydrogens (tertiary/aromatic N) is 3. The Kier molecular flexibility index (Phi) is 14.8. The monoisotopic (exact) mass is 895 g/mol. The molecule has 0 saturated carbocycles. The molecule has 53 heavy (non-hydrogen) atoms. The van der Waals surface area contributed by atoms with E-state index >= 15 is 0 Å². The molecule has 284 valence electrons. The number of likely N-dealkylation sites (tertiary alicyclic amines) is 2. The fourth-order valence-corrected chi connectivity index (χ4v) is 8.68. The van der Waals surface area contributed by atoms with Gasteiger partial charge in [-0.3, -0.25) is 0 Å². The van der Waals surface area contributed by atoms with Crippen molar-refractivity contribution >= 4 is 35.7 Å². The van der Waals surface area contributed by atoms with Gasteiger partial charge >= 0.3 is 28.3 Å². The Labute approximate surface area is 336 Å². The van der Waals surface area contributed by atoms with Crippen LogP contribution >= 0.6 is 30.0 Å². The number of rotatable bonds is 8. The zero-order valence-electron chi connectivity index (χ0n) is 29.8. The molecule has 2 fully saturated rings. The van der Waals surface area contributed by atoms with Gasteiger partial charge in [0.15, 0.2) is 5.69 Å². The van der Waals surface area contributed by atoms with E-state index in [2.05, 4.69) is 89.2 Å². The van der Waals surface area contributed by atoms with Crippen LogP contribution in [0.4, 0.5) is 14.5 Å². The summed E-state index contributed by atoms with van der Waals surface area (Å²) in [5.41, 5.74) is 6.59. The van der Waals surface area contributed by atoms with E-state index in [9.17, 15) is 8.78 Å². The van der Waals surface area contributed by atoms with Gasteiger partial charge in [0.25, 0.3) is 0 Å². The number of piperidine rings is 2. The molecule has 8 rings (SSSR count). The number of aryl methyl sites for hydroxylation is 2. The quantitative estimate of drug-likeness (QED) is 0.130. The predicted molar refractivity (Wildman–Crippen MR) is 211 cm³/mol. The Morgan fingerprint density at radius 1 is 0.623 bits per heavy atom. The Morgan fingerprint density at radius 3 is 1.51 bits per heavy atom. The van der Waals surface area contributed by atoms with Gasteiger partial charge in [-0.25, -0.2) is 13.6 Å². The fraction of sp³-hybridized carbons (Fsp3) is 0.419. The van der Waals surface area contributed by atoms with E-state index in [0.29, 0.717) is 11.8 Å². The predicted octanol–water partition coefficient (Wildman–Crippen LogP) is 11.0. The fourth-order valence-electron chi connectivity index (χ4n) is 8.27. The molecule has 2 aliphatic heterocycles. The Morgan fingerprint density at radius 2 is 1.06 bits per heavy atom. The van der Waals surface area contributed by atoms with Crippen LogP contribution in [0.1, 0.15) is 72.6 Å². The molecule has 2 aliphatic carbocycles. The van der Waals surface area contributed by atoms with Crippen molar-refractivity contribution in [2.24, 2.45) is 0 Å². The molecule has 2 heterocycles. The standard InChI is InChI=1S/C22H23FN2O.C21H23BrFNO.BrH.Cu/c1-24-19-6-9-22-16(14-19)2-3-17(22)15-25-12-10-21(11-13-25)26-20-7-4-18(23)5-8-20;22-17-3-8-21-15(13-17)1-2-16(21)14-24-11-9-20(10-12-24)25-19-6-4-18(23)5-7-19;;/h4-9,14,17,21H,2-3,10-13,15H2;3-8,13,16,20H,1-2,9-12,14H2;1H;/q;;;+1/p-1. The van der Waals surface area contributed by atoms with Crippen molar-refractivity contribution in [3.8, 4) is 11.5 Å². The first-order valence-electron chi connectivity index (χ1n) is 18.6. The van der Waals surface area contributed by atoms with E-state index in [1.807, 2.05) is 6.07 Å². The van der Waals surface area contributed by atoms with Crippen LogP contribution in [0.2, 0.25) is 0 Å². The molecule has 2 saturated heterocycles. The van der Waals surface area contributed by atoms with E-state index in [1.54, 1.807) is 24.3 Å². The summed E-state index contributed by atoms with van der Waals surface area (Å²) in [5.74, 6) is 2.33. The number of halogens is 4. The Bertz CT molecular complexity index is 1810. The first-order valence-corrected chi connectivity index (χ1v) is 21.7. The minimum atomic E-state index is -0.229. The summed E-state index contributed by atoms with van der Waals surface area (Å²) in [6.07, 6.45) is 9.29. The molecule has 0 radical (unpaired) electrons. The maximum absolute atomic E-state index is 13.0. The van der Waals surface area contributed by atoms with E-state index in [4.69, 9.17) is 16.0 Å². The summed E-state index contributed by atoms with van der Waals surface area (Å²) in [5, 5.41) is 0. The molecule has 0 bridgehead atoms. The zero-order valence-corrected chi connectivity index (χ0v) is 33.9. The summed E-state index contributed by atoms with van der Waals surface area (Å²) in [6.45, 7) is 13.6. The van der Waals surface area contributed by atoms with Gasteiger partial charge in [0.1, 0.15) is 35.3 Å². The SMILES string of the molecule is Fc1ccc(OC2CCN(CC3CCc4cc(Br)ccc43)CC2)cc1.[C-]#[N+]c1ccc2c(c1)CCC2CN1CCC(Oc2ccc(F)cc2)CC1.[Cu][Br]. The summed E-state index contributed by atoms with van der Waals surface area (Å²) < 4.78 is 39.1. The molecule has 0 spiro atoms. The molecule has 4 aromatic carbocycles. The third-order valence-corrected chi connectivity index (χ3v) is 11.5. The van der Waals surface area contributed by atoms with Crippen LogP contribution in [0.15, 0.2) is 89.4 Å². The molecule has 10 heteroatoms. The molecular formula is C43H46Br2CuF2N3O2. The number of ether oxygens (including phenoxy) is 2. The van der Waals surface area contributed by atoms with Crippen molar-refractivity contribution in [2.45, 2.75) is 75.4 Å². The molecular weight excluding hydrogens is 852 g/mol. The van der Waals surface area contributed by atoms with Crippen LogP contribution in [-0.2, 0) is 27.0 Å². The van der Waals surface area contributed by atoms with Crippen molar-refractivity contribution in [3.05, 3.63) is 135 Å². The number of fused-ring (bicyclic) bond motifs is 2.